The van der Waals surface area contributed by atoms with Crippen LogP contribution in [0.3, 0.4) is 0 Å². The number of carbonyl (C=O) groups excluding carboxylic acids is 1. The summed E-state index contributed by atoms with van der Waals surface area (Å²) < 4.78 is 5.58. The molecule has 6 heteroatoms. The van der Waals surface area contributed by atoms with E-state index in [1.54, 1.807) is 18.6 Å². The Morgan fingerprint density at radius 1 is 1.42 bits per heavy atom. The Labute approximate surface area is 145 Å². The molecule has 1 aromatic heterocycles. The second-order valence-corrected chi connectivity index (χ2v) is 7.57. The number of rotatable bonds is 4. The van der Waals surface area contributed by atoms with Crippen molar-refractivity contribution in [2.75, 3.05) is 20.1 Å². The largest absolute Gasteiger partial charge is 0.444 e. The Morgan fingerprint density at radius 3 is 2.79 bits per heavy atom. The highest BCUT2D eigenvalue weighted by Gasteiger charge is 2.31. The highest BCUT2D eigenvalue weighted by molar-refractivity contribution is 5.68. The van der Waals surface area contributed by atoms with E-state index in [2.05, 4.69) is 28.8 Å². The summed E-state index contributed by atoms with van der Waals surface area (Å²) in [6.07, 6.45) is 8.20. The predicted molar refractivity (Wildman–Crippen MR) is 93.7 cm³/mol. The molecular weight excluding hydrogens is 304 g/mol. The fourth-order valence-corrected chi connectivity index (χ4v) is 2.99. The average Bonchev–Trinajstić information content (AvgIpc) is 2.53. The highest BCUT2D eigenvalue weighted by atomic mass is 16.6. The topological polar surface area (TPSA) is 58.6 Å². The number of nitrogens with zero attached hydrogens (tertiary/aromatic N) is 4. The van der Waals surface area contributed by atoms with Gasteiger partial charge in [-0.1, -0.05) is 0 Å². The minimum Gasteiger partial charge on any atom is -0.444 e. The molecule has 24 heavy (non-hydrogen) atoms. The fraction of sp³-hybridized carbons (Fsp3) is 0.722. The average molecular weight is 334 g/mol. The van der Waals surface area contributed by atoms with E-state index in [0.29, 0.717) is 0 Å². The summed E-state index contributed by atoms with van der Waals surface area (Å²) in [5.74, 6) is 0. The molecule has 2 atom stereocenters. The van der Waals surface area contributed by atoms with Gasteiger partial charge in [-0.3, -0.25) is 14.9 Å². The lowest BCUT2D eigenvalue weighted by Gasteiger charge is -2.39. The van der Waals surface area contributed by atoms with Gasteiger partial charge < -0.3 is 9.64 Å². The summed E-state index contributed by atoms with van der Waals surface area (Å²) in [4.78, 5) is 25.2. The van der Waals surface area contributed by atoms with E-state index in [1.807, 2.05) is 25.7 Å². The van der Waals surface area contributed by atoms with Gasteiger partial charge in [0.2, 0.25) is 0 Å². The Bertz CT molecular complexity index is 530. The minimum atomic E-state index is -0.460. The lowest BCUT2D eigenvalue weighted by Crippen LogP contribution is -2.50. The first-order valence-corrected chi connectivity index (χ1v) is 8.73. The van der Waals surface area contributed by atoms with Gasteiger partial charge in [-0.05, 0) is 54.0 Å². The third-order valence-corrected chi connectivity index (χ3v) is 4.43. The van der Waals surface area contributed by atoms with Crippen molar-refractivity contribution in [1.82, 2.24) is 19.8 Å². The number of amides is 1. The van der Waals surface area contributed by atoms with Crippen LogP contribution in [0.5, 0.6) is 0 Å². The molecule has 0 unspecified atom stereocenters. The molecule has 2 rings (SSSR count). The maximum atomic E-state index is 12.5. The monoisotopic (exact) mass is 334 g/mol. The number of carbonyl (C=O) groups is 1. The van der Waals surface area contributed by atoms with Crippen molar-refractivity contribution in [3.05, 3.63) is 24.3 Å². The maximum absolute atomic E-state index is 12.5. The van der Waals surface area contributed by atoms with Gasteiger partial charge in [0, 0.05) is 37.7 Å². The molecule has 1 aromatic rings. The summed E-state index contributed by atoms with van der Waals surface area (Å²) in [7, 11) is 2.07. The van der Waals surface area contributed by atoms with Gasteiger partial charge in [-0.25, -0.2) is 4.79 Å². The summed E-state index contributed by atoms with van der Waals surface area (Å²) in [5, 5.41) is 0. The van der Waals surface area contributed by atoms with Crippen LogP contribution in [0.15, 0.2) is 18.6 Å². The van der Waals surface area contributed by atoms with Crippen LogP contribution in [0.1, 0.15) is 58.7 Å². The molecule has 0 aliphatic carbocycles. The number of likely N-dealkylation sites (N-methyl/N-ethyl adjacent to an activating group) is 1. The van der Waals surface area contributed by atoms with Gasteiger partial charge in [0.25, 0.3) is 0 Å². The molecule has 0 N–H and O–H groups in total. The number of likely N-dealkylation sites (tertiary alicyclic amines) is 1. The van der Waals surface area contributed by atoms with Crippen LogP contribution in [0.25, 0.3) is 0 Å². The Hall–Kier alpha value is -1.69. The summed E-state index contributed by atoms with van der Waals surface area (Å²) in [6.45, 7) is 9.42. The van der Waals surface area contributed by atoms with E-state index in [0.717, 1.165) is 38.0 Å². The Balaban J connectivity index is 2.01. The Morgan fingerprint density at radius 2 is 2.17 bits per heavy atom. The van der Waals surface area contributed by atoms with Gasteiger partial charge in [-0.15, -0.1) is 0 Å². The number of piperidine rings is 1. The Kier molecular flexibility index (Phi) is 6.15. The second-order valence-electron chi connectivity index (χ2n) is 7.57. The van der Waals surface area contributed by atoms with E-state index in [-0.39, 0.29) is 18.2 Å². The van der Waals surface area contributed by atoms with Gasteiger partial charge in [0.1, 0.15) is 5.60 Å². The van der Waals surface area contributed by atoms with E-state index in [9.17, 15) is 4.79 Å². The van der Waals surface area contributed by atoms with Crippen LogP contribution in [-0.2, 0) is 4.74 Å². The maximum Gasteiger partial charge on any atom is 0.410 e. The first-order chi connectivity index (χ1) is 11.3. The fourth-order valence-electron chi connectivity index (χ4n) is 2.99. The predicted octanol–water partition coefficient (Wildman–Crippen LogP) is 3.26. The van der Waals surface area contributed by atoms with Crippen molar-refractivity contribution >= 4 is 6.09 Å². The molecule has 0 saturated carbocycles. The van der Waals surface area contributed by atoms with Gasteiger partial charge >= 0.3 is 6.09 Å². The summed E-state index contributed by atoms with van der Waals surface area (Å²) in [6, 6.07) is 0.332. The number of hydrogen-bond donors (Lipinski definition) is 0. The molecule has 1 saturated heterocycles. The van der Waals surface area contributed by atoms with Crippen molar-refractivity contribution in [2.45, 2.75) is 64.6 Å². The van der Waals surface area contributed by atoms with E-state index in [4.69, 9.17) is 4.74 Å². The van der Waals surface area contributed by atoms with Crippen LogP contribution in [0, 0.1) is 0 Å². The van der Waals surface area contributed by atoms with Gasteiger partial charge in [0.05, 0.1) is 11.7 Å². The van der Waals surface area contributed by atoms with E-state index >= 15 is 0 Å². The number of ether oxygens (including phenoxy) is 1. The van der Waals surface area contributed by atoms with Crippen LogP contribution in [-0.4, -0.2) is 57.6 Å². The highest BCUT2D eigenvalue weighted by Crippen LogP contribution is 2.23. The third kappa shape index (κ3) is 5.16. The van der Waals surface area contributed by atoms with Gasteiger partial charge in [0.15, 0.2) is 0 Å². The van der Waals surface area contributed by atoms with Crippen molar-refractivity contribution in [1.29, 1.82) is 0 Å². The molecular formula is C18H30N4O2. The number of hydrogen-bond acceptors (Lipinski definition) is 5. The lowest BCUT2D eigenvalue weighted by molar-refractivity contribution is 0.00458. The van der Waals surface area contributed by atoms with Crippen LogP contribution in [0.2, 0.25) is 0 Å². The molecule has 1 amide bonds. The zero-order valence-corrected chi connectivity index (χ0v) is 15.5. The second kappa shape index (κ2) is 7.92. The molecule has 0 radical (unpaired) electrons. The normalized spacial score (nSPS) is 20.1. The van der Waals surface area contributed by atoms with Crippen molar-refractivity contribution in [3.8, 4) is 0 Å². The standard InChI is InChI=1S/C18H30N4O2/c1-14(16-12-19-9-10-20-16)21(5)13-15-8-6-7-11-22(15)17(23)24-18(2,3)4/h9-10,12,14-15H,6-8,11,13H2,1-5H3/t14-,15+/m0/s1. The first kappa shape index (κ1) is 18.6. The summed E-state index contributed by atoms with van der Waals surface area (Å²) >= 11 is 0. The van der Waals surface area contributed by atoms with Crippen LogP contribution >= 0.6 is 0 Å². The van der Waals surface area contributed by atoms with Crippen molar-refractivity contribution in [2.24, 2.45) is 0 Å². The van der Waals surface area contributed by atoms with Crippen LogP contribution in [0.4, 0.5) is 4.79 Å². The van der Waals surface area contributed by atoms with E-state index in [1.165, 1.54) is 0 Å². The SMILES string of the molecule is C[C@@H](c1cnccn1)N(C)C[C@H]1CCCCN1C(=O)OC(C)(C)C. The van der Waals surface area contributed by atoms with Crippen LogP contribution < -0.4 is 0 Å². The molecule has 0 spiro atoms. The molecule has 0 aromatic carbocycles. The van der Waals surface area contributed by atoms with Crippen molar-refractivity contribution in [3.63, 3.8) is 0 Å². The zero-order chi connectivity index (χ0) is 17.7. The molecule has 1 fully saturated rings. The zero-order valence-electron chi connectivity index (χ0n) is 15.5. The molecule has 134 valence electrons. The third-order valence-electron chi connectivity index (χ3n) is 4.43. The minimum absolute atomic E-state index is 0.154. The molecule has 0 bridgehead atoms. The molecule has 2 heterocycles. The quantitative estimate of drug-likeness (QED) is 0.846. The molecule has 1 aliphatic rings. The van der Waals surface area contributed by atoms with Gasteiger partial charge in [-0.2, -0.15) is 0 Å². The molecule has 1 aliphatic heterocycles. The molecule has 6 nitrogen and oxygen atoms in total. The summed E-state index contributed by atoms with van der Waals surface area (Å²) in [5.41, 5.74) is 0.484. The first-order valence-electron chi connectivity index (χ1n) is 8.73. The van der Waals surface area contributed by atoms with Crippen molar-refractivity contribution < 1.29 is 9.53 Å². The smallest absolute Gasteiger partial charge is 0.410 e. The lowest BCUT2D eigenvalue weighted by atomic mass is 10.0. The number of aromatic nitrogens is 2. The van der Waals surface area contributed by atoms with E-state index < -0.39 is 5.60 Å².